The minimum Gasteiger partial charge on any atom is -0.0991 e. The van der Waals surface area contributed by atoms with Crippen LogP contribution < -0.4 is 0 Å². The van der Waals surface area contributed by atoms with Crippen molar-refractivity contribution >= 4 is 0 Å². The van der Waals surface area contributed by atoms with Gasteiger partial charge >= 0.3 is 0 Å². The van der Waals surface area contributed by atoms with Gasteiger partial charge in [-0.3, -0.25) is 0 Å². The van der Waals surface area contributed by atoms with Crippen LogP contribution in [0.15, 0.2) is 72.9 Å². The van der Waals surface area contributed by atoms with E-state index in [-0.39, 0.29) is 0 Å². The maximum Gasteiger partial charge on any atom is -0.0307 e. The molecule has 15 heavy (non-hydrogen) atoms. The van der Waals surface area contributed by atoms with Crippen molar-refractivity contribution in [1.29, 1.82) is 0 Å². The molecule has 0 aromatic carbocycles. The van der Waals surface area contributed by atoms with Gasteiger partial charge in [0, 0.05) is 0 Å². The van der Waals surface area contributed by atoms with E-state index in [0.29, 0.717) is 0 Å². The van der Waals surface area contributed by atoms with E-state index in [0.717, 1.165) is 12.0 Å². The SMILES string of the molecule is C=C/C=C\C(=C)/C=C/C(=C/C=C\C)CC. The highest BCUT2D eigenvalue weighted by Crippen LogP contribution is 2.06. The van der Waals surface area contributed by atoms with Crippen LogP contribution in [0.4, 0.5) is 0 Å². The molecule has 0 aromatic heterocycles. The van der Waals surface area contributed by atoms with Crippen LogP contribution in [0.2, 0.25) is 0 Å². The molecule has 0 N–H and O–H groups in total. The van der Waals surface area contributed by atoms with Crippen molar-refractivity contribution in [2.24, 2.45) is 0 Å². The van der Waals surface area contributed by atoms with Crippen LogP contribution in [0.3, 0.4) is 0 Å². The van der Waals surface area contributed by atoms with Crippen molar-refractivity contribution in [3.05, 3.63) is 72.9 Å². The normalized spacial score (nSPS) is 13.1. The van der Waals surface area contributed by atoms with Crippen LogP contribution in [-0.2, 0) is 0 Å². The monoisotopic (exact) mass is 200 g/mol. The lowest BCUT2D eigenvalue weighted by Gasteiger charge is -1.94. The van der Waals surface area contributed by atoms with E-state index in [1.54, 1.807) is 6.08 Å². The molecule has 0 bridgehead atoms. The summed E-state index contributed by atoms with van der Waals surface area (Å²) in [6.07, 6.45) is 16.9. The Balaban J connectivity index is 4.41. The second-order valence-electron chi connectivity index (χ2n) is 3.12. The van der Waals surface area contributed by atoms with E-state index < -0.39 is 0 Å². The highest BCUT2D eigenvalue weighted by atomic mass is 13.9. The van der Waals surface area contributed by atoms with Crippen molar-refractivity contribution in [3.8, 4) is 0 Å². The maximum atomic E-state index is 3.91. The first-order chi connectivity index (χ1) is 7.24. The van der Waals surface area contributed by atoms with Crippen LogP contribution in [0.25, 0.3) is 0 Å². The van der Waals surface area contributed by atoms with Crippen LogP contribution in [-0.4, -0.2) is 0 Å². The summed E-state index contributed by atoms with van der Waals surface area (Å²) in [7, 11) is 0. The third kappa shape index (κ3) is 7.51. The van der Waals surface area contributed by atoms with Crippen molar-refractivity contribution in [2.45, 2.75) is 20.3 Å². The highest BCUT2D eigenvalue weighted by Gasteiger charge is 1.85. The molecule has 0 unspecified atom stereocenters. The Morgan fingerprint density at radius 3 is 2.40 bits per heavy atom. The van der Waals surface area contributed by atoms with Crippen LogP contribution in [0, 0.1) is 0 Å². The average molecular weight is 200 g/mol. The second kappa shape index (κ2) is 9.01. The number of allylic oxidation sites excluding steroid dienone is 10. The maximum absolute atomic E-state index is 3.91. The largest absolute Gasteiger partial charge is 0.0991 e. The summed E-state index contributed by atoms with van der Waals surface area (Å²) in [5.74, 6) is 0. The Hall–Kier alpha value is -1.56. The van der Waals surface area contributed by atoms with E-state index in [1.807, 2.05) is 37.3 Å². The molecule has 0 amide bonds. The zero-order chi connectivity index (χ0) is 11.5. The molecule has 0 saturated carbocycles. The molecule has 0 aliphatic heterocycles. The van der Waals surface area contributed by atoms with Gasteiger partial charge in [0.2, 0.25) is 0 Å². The summed E-state index contributed by atoms with van der Waals surface area (Å²) in [4.78, 5) is 0. The molecule has 0 fully saturated rings. The van der Waals surface area contributed by atoms with Gasteiger partial charge in [-0.15, -0.1) is 0 Å². The van der Waals surface area contributed by atoms with E-state index in [4.69, 9.17) is 0 Å². The zero-order valence-electron chi connectivity index (χ0n) is 9.74. The standard InChI is InChI=1S/C15H20/c1-5-8-10-14(4)12-13-15(7-3)11-9-6-2/h5-6,8-13H,1,4,7H2,2-3H3/b9-6-,10-8-,13-12+,15-11+. The fourth-order valence-corrected chi connectivity index (χ4v) is 0.972. The third-order valence-electron chi connectivity index (χ3n) is 1.87. The van der Waals surface area contributed by atoms with Gasteiger partial charge in [-0.1, -0.05) is 68.7 Å². The van der Waals surface area contributed by atoms with Crippen molar-refractivity contribution in [2.75, 3.05) is 0 Å². The topological polar surface area (TPSA) is 0 Å². The quantitative estimate of drug-likeness (QED) is 0.543. The molecule has 0 heteroatoms. The first kappa shape index (κ1) is 13.4. The van der Waals surface area contributed by atoms with Crippen LogP contribution in [0.1, 0.15) is 20.3 Å². The predicted molar refractivity (Wildman–Crippen MR) is 70.8 cm³/mol. The number of rotatable bonds is 6. The molecule has 0 spiro atoms. The lowest BCUT2D eigenvalue weighted by atomic mass is 10.1. The number of hydrogen-bond acceptors (Lipinski definition) is 0. The molecule has 0 nitrogen and oxygen atoms in total. The van der Waals surface area contributed by atoms with E-state index >= 15 is 0 Å². The molecule has 0 rings (SSSR count). The van der Waals surface area contributed by atoms with Crippen molar-refractivity contribution < 1.29 is 0 Å². The average Bonchev–Trinajstić information content (AvgIpc) is 2.26. The summed E-state index contributed by atoms with van der Waals surface area (Å²) < 4.78 is 0. The van der Waals surface area contributed by atoms with Gasteiger partial charge in [0.1, 0.15) is 0 Å². The van der Waals surface area contributed by atoms with Gasteiger partial charge in [-0.25, -0.2) is 0 Å². The Bertz CT molecular complexity index is 309. The molecule has 80 valence electrons. The molecule has 0 radical (unpaired) electrons. The van der Waals surface area contributed by atoms with Crippen LogP contribution >= 0.6 is 0 Å². The summed E-state index contributed by atoms with van der Waals surface area (Å²) in [5, 5.41) is 0. The molecule has 0 aliphatic rings. The lowest BCUT2D eigenvalue weighted by molar-refractivity contribution is 1.15. The third-order valence-corrected chi connectivity index (χ3v) is 1.87. The molecule has 0 aliphatic carbocycles. The molecular formula is C15H20. The fourth-order valence-electron chi connectivity index (χ4n) is 0.972. The summed E-state index contributed by atoms with van der Waals surface area (Å²) >= 11 is 0. The molecule has 0 aromatic rings. The van der Waals surface area contributed by atoms with Crippen LogP contribution in [0.5, 0.6) is 0 Å². The molecule has 0 heterocycles. The summed E-state index contributed by atoms with van der Waals surface area (Å²) in [6, 6.07) is 0. The van der Waals surface area contributed by atoms with Gasteiger partial charge in [0.25, 0.3) is 0 Å². The van der Waals surface area contributed by atoms with Crippen molar-refractivity contribution in [1.82, 2.24) is 0 Å². The minimum absolute atomic E-state index is 0.981. The Morgan fingerprint density at radius 2 is 1.87 bits per heavy atom. The highest BCUT2D eigenvalue weighted by molar-refractivity contribution is 5.34. The molecule has 0 atom stereocenters. The summed E-state index contributed by atoms with van der Waals surface area (Å²) in [5.41, 5.74) is 2.27. The van der Waals surface area contributed by atoms with E-state index in [9.17, 15) is 0 Å². The smallest absolute Gasteiger partial charge is 0.0307 e. The lowest BCUT2D eigenvalue weighted by Crippen LogP contribution is -1.74. The summed E-state index contributed by atoms with van der Waals surface area (Å²) in [6.45, 7) is 11.7. The number of hydrogen-bond donors (Lipinski definition) is 0. The Labute approximate surface area is 93.7 Å². The second-order valence-corrected chi connectivity index (χ2v) is 3.12. The predicted octanol–water partition coefficient (Wildman–Crippen LogP) is 4.75. The van der Waals surface area contributed by atoms with Gasteiger partial charge in [-0.05, 0) is 24.5 Å². The minimum atomic E-state index is 0.981. The van der Waals surface area contributed by atoms with Crippen molar-refractivity contribution in [3.63, 3.8) is 0 Å². The zero-order valence-corrected chi connectivity index (χ0v) is 9.74. The Kier molecular flexibility index (Phi) is 8.08. The van der Waals surface area contributed by atoms with Gasteiger partial charge < -0.3 is 0 Å². The molecular weight excluding hydrogens is 180 g/mol. The van der Waals surface area contributed by atoms with Gasteiger partial charge in [0.05, 0.1) is 0 Å². The first-order valence-corrected chi connectivity index (χ1v) is 5.22. The van der Waals surface area contributed by atoms with Gasteiger partial charge in [0.15, 0.2) is 0 Å². The molecule has 0 saturated heterocycles. The van der Waals surface area contributed by atoms with E-state index in [1.165, 1.54) is 5.57 Å². The Morgan fingerprint density at radius 1 is 1.13 bits per heavy atom. The van der Waals surface area contributed by atoms with E-state index in [2.05, 4.69) is 32.2 Å². The van der Waals surface area contributed by atoms with Gasteiger partial charge in [-0.2, -0.15) is 0 Å². The fraction of sp³-hybridized carbons (Fsp3) is 0.200. The first-order valence-electron chi connectivity index (χ1n) is 5.22.